The lowest BCUT2D eigenvalue weighted by molar-refractivity contribution is -0.137. The van der Waals surface area contributed by atoms with Crippen LogP contribution in [0.25, 0.3) is 10.9 Å². The van der Waals surface area contributed by atoms with E-state index in [4.69, 9.17) is 9.47 Å². The zero-order valence-electron chi connectivity index (χ0n) is 27.8. The Morgan fingerprint density at radius 3 is 2.23 bits per heavy atom. The van der Waals surface area contributed by atoms with Crippen LogP contribution in [0.1, 0.15) is 32.0 Å². The van der Waals surface area contributed by atoms with E-state index in [1.165, 1.54) is 18.3 Å². The molecule has 0 atom stereocenters. The first-order valence-electron chi connectivity index (χ1n) is 16.2. The molecular formula is C37H33F6N5O4. The minimum absolute atomic E-state index is 0.104. The zero-order valence-corrected chi connectivity index (χ0v) is 27.8. The Balaban J connectivity index is 1.03. The van der Waals surface area contributed by atoms with Gasteiger partial charge in [-0.1, -0.05) is 12.1 Å². The summed E-state index contributed by atoms with van der Waals surface area (Å²) >= 11 is 0. The summed E-state index contributed by atoms with van der Waals surface area (Å²) in [7, 11) is 1.79. The third-order valence-electron chi connectivity index (χ3n) is 8.63. The lowest BCUT2D eigenvalue weighted by atomic mass is 10.1. The number of fused-ring (bicyclic) bond motifs is 1. The van der Waals surface area contributed by atoms with Crippen molar-refractivity contribution in [2.45, 2.75) is 18.8 Å². The van der Waals surface area contributed by atoms with Crippen molar-refractivity contribution >= 4 is 28.4 Å². The number of hydrogen-bond donors (Lipinski definition) is 1. The maximum absolute atomic E-state index is 14.2. The molecule has 1 fully saturated rings. The SMILES string of the molecule is Cn1c(C(=O)N2CCN(Cc3ccc(OC(CF)CF)cc3)CC2)cc2ccc(Oc3ccc(NC(=O)c4ccc(C(F)(F)F)cc4F)cn3)cc21. The molecule has 6 rings (SSSR count). The highest BCUT2D eigenvalue weighted by Gasteiger charge is 2.32. The first-order valence-corrected chi connectivity index (χ1v) is 16.2. The van der Waals surface area contributed by atoms with Crippen LogP contribution in [0.3, 0.4) is 0 Å². The fourth-order valence-electron chi connectivity index (χ4n) is 5.79. The lowest BCUT2D eigenvalue weighted by Crippen LogP contribution is -2.48. The fourth-order valence-corrected chi connectivity index (χ4v) is 5.79. The average Bonchev–Trinajstić information content (AvgIpc) is 3.46. The maximum atomic E-state index is 14.2. The highest BCUT2D eigenvalue weighted by Crippen LogP contribution is 2.31. The van der Waals surface area contributed by atoms with Gasteiger partial charge in [-0.25, -0.2) is 18.2 Å². The largest absolute Gasteiger partial charge is 0.485 e. The fraction of sp³-hybridized carbons (Fsp3) is 0.270. The summed E-state index contributed by atoms with van der Waals surface area (Å²) in [5.74, 6) is -1.34. The van der Waals surface area contributed by atoms with Crippen LogP contribution in [0.2, 0.25) is 0 Å². The van der Waals surface area contributed by atoms with Crippen LogP contribution in [0.5, 0.6) is 17.4 Å². The van der Waals surface area contributed by atoms with Crippen LogP contribution >= 0.6 is 0 Å². The summed E-state index contributed by atoms with van der Waals surface area (Å²) in [6, 6.07) is 18.8. The number of anilines is 1. The molecule has 1 N–H and O–H groups in total. The van der Waals surface area contributed by atoms with Gasteiger partial charge in [0.25, 0.3) is 11.8 Å². The molecule has 52 heavy (non-hydrogen) atoms. The van der Waals surface area contributed by atoms with E-state index in [1.54, 1.807) is 35.9 Å². The van der Waals surface area contributed by atoms with Crippen molar-refractivity contribution < 1.29 is 45.4 Å². The molecule has 272 valence electrons. The number of ether oxygens (including phenoxy) is 2. The van der Waals surface area contributed by atoms with Gasteiger partial charge in [0.15, 0.2) is 6.10 Å². The molecule has 1 aliphatic rings. The van der Waals surface area contributed by atoms with Gasteiger partial charge < -0.3 is 24.3 Å². The molecule has 0 aliphatic carbocycles. The van der Waals surface area contributed by atoms with Crippen LogP contribution < -0.4 is 14.8 Å². The Bertz CT molecular complexity index is 2040. The van der Waals surface area contributed by atoms with Crippen LogP contribution in [-0.4, -0.2) is 76.8 Å². The van der Waals surface area contributed by atoms with Gasteiger partial charge in [-0.05, 0) is 60.2 Å². The average molecular weight is 726 g/mol. The predicted molar refractivity (Wildman–Crippen MR) is 181 cm³/mol. The number of halogens is 6. The number of aryl methyl sites for hydroxylation is 1. The third kappa shape index (κ3) is 8.31. The Morgan fingerprint density at radius 2 is 1.60 bits per heavy atom. The normalized spacial score (nSPS) is 13.8. The number of hydrogen-bond acceptors (Lipinski definition) is 6. The van der Waals surface area contributed by atoms with Gasteiger partial charge in [0.2, 0.25) is 5.88 Å². The summed E-state index contributed by atoms with van der Waals surface area (Å²) in [4.78, 5) is 34.2. The summed E-state index contributed by atoms with van der Waals surface area (Å²) < 4.78 is 91.2. The number of nitrogens with one attached hydrogen (secondary N) is 1. The smallest absolute Gasteiger partial charge is 0.416 e. The number of carbonyl (C=O) groups is 2. The highest BCUT2D eigenvalue weighted by molar-refractivity contribution is 6.04. The van der Waals surface area contributed by atoms with E-state index in [2.05, 4.69) is 15.2 Å². The molecule has 2 aromatic heterocycles. The molecule has 3 aromatic carbocycles. The van der Waals surface area contributed by atoms with Crippen molar-refractivity contribution in [1.82, 2.24) is 19.4 Å². The lowest BCUT2D eigenvalue weighted by Gasteiger charge is -2.34. The van der Waals surface area contributed by atoms with E-state index in [1.807, 2.05) is 29.2 Å². The molecule has 15 heteroatoms. The Labute approximate surface area is 294 Å². The summed E-state index contributed by atoms with van der Waals surface area (Å²) in [6.07, 6.45) is -4.58. The molecule has 0 radical (unpaired) electrons. The predicted octanol–water partition coefficient (Wildman–Crippen LogP) is 7.42. The van der Waals surface area contributed by atoms with Crippen molar-refractivity contribution in [3.63, 3.8) is 0 Å². The van der Waals surface area contributed by atoms with Crippen LogP contribution in [0, 0.1) is 5.82 Å². The number of rotatable bonds is 11. The highest BCUT2D eigenvalue weighted by atomic mass is 19.4. The number of pyridine rings is 1. The van der Waals surface area contributed by atoms with Gasteiger partial charge in [-0.3, -0.25) is 14.5 Å². The third-order valence-corrected chi connectivity index (χ3v) is 8.63. The van der Waals surface area contributed by atoms with Gasteiger partial charge in [-0.15, -0.1) is 0 Å². The molecule has 9 nitrogen and oxygen atoms in total. The summed E-state index contributed by atoms with van der Waals surface area (Å²) in [5, 5.41) is 3.23. The number of piperazine rings is 1. The van der Waals surface area contributed by atoms with Crippen LogP contribution in [0.4, 0.5) is 32.0 Å². The molecule has 3 heterocycles. The second kappa shape index (κ2) is 15.4. The standard InChI is InChI=1S/C37H33F6N5O4/c1-46-32-18-28(52-34-11-6-26(21-44-34)45-35(49)30-10-5-25(17-31(30)40)37(41,42)43)9-4-24(32)16-33(46)36(50)48-14-12-47(13-15-48)22-23-2-7-27(8-3-23)51-29(19-38)20-39/h2-11,16-18,21,29H,12-15,19-20,22H2,1H3,(H,45,49). The minimum Gasteiger partial charge on any atom is -0.485 e. The van der Waals surface area contributed by atoms with Crippen molar-refractivity contribution in [1.29, 1.82) is 0 Å². The zero-order chi connectivity index (χ0) is 37.0. The number of carbonyl (C=O) groups excluding carboxylic acids is 2. The molecular weight excluding hydrogens is 692 g/mol. The number of amides is 2. The van der Waals surface area contributed by atoms with Gasteiger partial charge in [0.05, 0.1) is 28.5 Å². The molecule has 1 saturated heterocycles. The summed E-state index contributed by atoms with van der Waals surface area (Å²) in [6.45, 7) is 1.26. The van der Waals surface area contributed by atoms with E-state index < -0.39 is 48.5 Å². The quantitative estimate of drug-likeness (QED) is 0.143. The van der Waals surface area contributed by atoms with Crippen molar-refractivity contribution in [2.24, 2.45) is 7.05 Å². The van der Waals surface area contributed by atoms with Crippen molar-refractivity contribution in [3.05, 3.63) is 113 Å². The Morgan fingerprint density at radius 1 is 0.885 bits per heavy atom. The van der Waals surface area contributed by atoms with Gasteiger partial charge in [0.1, 0.15) is 36.4 Å². The Kier molecular flexibility index (Phi) is 10.7. The van der Waals surface area contributed by atoms with Gasteiger partial charge in [-0.2, -0.15) is 13.2 Å². The van der Waals surface area contributed by atoms with E-state index in [0.29, 0.717) is 56.0 Å². The number of nitrogens with zero attached hydrogens (tertiary/aromatic N) is 4. The second-order valence-corrected chi connectivity index (χ2v) is 12.2. The van der Waals surface area contributed by atoms with Crippen LogP contribution in [-0.2, 0) is 19.8 Å². The molecule has 2 amide bonds. The molecule has 0 saturated carbocycles. The van der Waals surface area contributed by atoms with Crippen molar-refractivity contribution in [2.75, 3.05) is 44.8 Å². The van der Waals surface area contributed by atoms with E-state index in [-0.39, 0.29) is 23.5 Å². The molecule has 0 bridgehead atoms. The molecule has 5 aromatic rings. The Hall–Kier alpha value is -5.57. The molecule has 0 unspecified atom stereocenters. The molecule has 1 aliphatic heterocycles. The second-order valence-electron chi connectivity index (χ2n) is 12.2. The van der Waals surface area contributed by atoms with Gasteiger partial charge in [0, 0.05) is 57.3 Å². The first kappa shape index (κ1) is 36.2. The van der Waals surface area contributed by atoms with E-state index in [0.717, 1.165) is 22.5 Å². The molecule has 0 spiro atoms. The number of benzene rings is 3. The van der Waals surface area contributed by atoms with Gasteiger partial charge >= 0.3 is 6.18 Å². The maximum Gasteiger partial charge on any atom is 0.416 e. The monoisotopic (exact) mass is 725 g/mol. The minimum atomic E-state index is -4.74. The topological polar surface area (TPSA) is 88.9 Å². The van der Waals surface area contributed by atoms with Crippen LogP contribution in [0.15, 0.2) is 85.1 Å². The first-order chi connectivity index (χ1) is 24.9. The summed E-state index contributed by atoms with van der Waals surface area (Å²) in [5.41, 5.74) is 0.692. The van der Waals surface area contributed by atoms with Crippen molar-refractivity contribution in [3.8, 4) is 17.4 Å². The van der Waals surface area contributed by atoms with E-state index >= 15 is 0 Å². The number of aromatic nitrogens is 2. The number of alkyl halides is 5. The van der Waals surface area contributed by atoms with E-state index in [9.17, 15) is 35.9 Å².